The van der Waals surface area contributed by atoms with Gasteiger partial charge in [0.2, 0.25) is 5.91 Å². The number of carbonyl (C=O) groups excluding carboxylic acids is 2. The minimum absolute atomic E-state index is 0.0725. The van der Waals surface area contributed by atoms with Crippen molar-refractivity contribution in [3.63, 3.8) is 0 Å². The summed E-state index contributed by atoms with van der Waals surface area (Å²) in [6.45, 7) is 2.72. The summed E-state index contributed by atoms with van der Waals surface area (Å²) < 4.78 is 1.83. The highest BCUT2D eigenvalue weighted by molar-refractivity contribution is 5.93. The molecule has 1 aliphatic rings. The van der Waals surface area contributed by atoms with E-state index in [1.807, 2.05) is 17.7 Å². The lowest BCUT2D eigenvalue weighted by molar-refractivity contribution is -0.121. The second-order valence-electron chi connectivity index (χ2n) is 5.36. The number of aryl methyl sites for hydroxylation is 1. The van der Waals surface area contributed by atoms with Gasteiger partial charge in [0.25, 0.3) is 5.91 Å². The average Bonchev–Trinajstić information content (AvgIpc) is 3.14. The molecule has 0 fully saturated rings. The zero-order valence-corrected chi connectivity index (χ0v) is 12.5. The molecule has 0 saturated heterocycles. The molecule has 8 nitrogen and oxygen atoms in total. The van der Waals surface area contributed by atoms with E-state index in [0.29, 0.717) is 18.8 Å². The van der Waals surface area contributed by atoms with Crippen LogP contribution in [0.15, 0.2) is 18.6 Å². The van der Waals surface area contributed by atoms with Crippen molar-refractivity contribution in [2.75, 3.05) is 13.6 Å². The molecule has 0 radical (unpaired) electrons. The maximum absolute atomic E-state index is 12.6. The molecule has 0 saturated carbocycles. The predicted molar refractivity (Wildman–Crippen MR) is 78.0 cm³/mol. The van der Waals surface area contributed by atoms with Gasteiger partial charge in [0, 0.05) is 25.5 Å². The number of nitrogens with zero attached hydrogens (tertiary/aromatic N) is 4. The third kappa shape index (κ3) is 2.47. The monoisotopic (exact) mass is 302 g/mol. The van der Waals surface area contributed by atoms with Gasteiger partial charge in [-0.05, 0) is 13.0 Å². The van der Waals surface area contributed by atoms with Crippen LogP contribution in [0.25, 0.3) is 0 Å². The highest BCUT2D eigenvalue weighted by Gasteiger charge is 2.31. The fourth-order valence-electron chi connectivity index (χ4n) is 2.73. The van der Waals surface area contributed by atoms with Crippen molar-refractivity contribution < 1.29 is 9.59 Å². The standard InChI is InChI=1S/C14H18N6O2/c1-9-13(17-8-16-9)14(22)19-6-10-3-4-18-20(10)11(7-19)5-12(21)15-2/h3-4,8,11H,5-7H2,1-2H3,(H,15,21)(H,16,17)/t11-/m1/s1. The average molecular weight is 302 g/mol. The number of H-pyrrole nitrogens is 1. The fraction of sp³-hybridized carbons (Fsp3) is 0.429. The molecule has 0 aromatic carbocycles. The Morgan fingerprint density at radius 3 is 3.00 bits per heavy atom. The van der Waals surface area contributed by atoms with Crippen molar-refractivity contribution in [3.05, 3.63) is 35.7 Å². The minimum atomic E-state index is -0.165. The minimum Gasteiger partial charge on any atom is -0.359 e. The predicted octanol–water partition coefficient (Wildman–Crippen LogP) is 0.248. The Hall–Kier alpha value is -2.64. The van der Waals surface area contributed by atoms with E-state index in [1.165, 1.54) is 6.33 Å². The maximum atomic E-state index is 12.6. The van der Waals surface area contributed by atoms with Gasteiger partial charge in [-0.15, -0.1) is 0 Å². The van der Waals surface area contributed by atoms with Crippen molar-refractivity contribution in [1.29, 1.82) is 0 Å². The van der Waals surface area contributed by atoms with Gasteiger partial charge >= 0.3 is 0 Å². The van der Waals surface area contributed by atoms with Crippen molar-refractivity contribution in [2.24, 2.45) is 0 Å². The van der Waals surface area contributed by atoms with Crippen LogP contribution < -0.4 is 5.32 Å². The van der Waals surface area contributed by atoms with Gasteiger partial charge < -0.3 is 15.2 Å². The molecule has 2 aromatic rings. The number of hydrogen-bond donors (Lipinski definition) is 2. The molecule has 8 heteroatoms. The van der Waals surface area contributed by atoms with Crippen molar-refractivity contribution in [3.8, 4) is 0 Å². The molecule has 2 aromatic heterocycles. The Balaban J connectivity index is 1.85. The van der Waals surface area contributed by atoms with E-state index in [9.17, 15) is 9.59 Å². The summed E-state index contributed by atoms with van der Waals surface area (Å²) in [6.07, 6.45) is 3.49. The van der Waals surface area contributed by atoms with Crippen LogP contribution >= 0.6 is 0 Å². The van der Waals surface area contributed by atoms with E-state index >= 15 is 0 Å². The van der Waals surface area contributed by atoms with E-state index in [2.05, 4.69) is 20.4 Å². The number of aromatic amines is 1. The summed E-state index contributed by atoms with van der Waals surface area (Å²) in [5.74, 6) is -0.204. The molecule has 0 bridgehead atoms. The molecule has 22 heavy (non-hydrogen) atoms. The van der Waals surface area contributed by atoms with Gasteiger partial charge in [0.05, 0.1) is 31.0 Å². The van der Waals surface area contributed by atoms with Crippen molar-refractivity contribution in [1.82, 2.24) is 30.0 Å². The number of aromatic nitrogens is 4. The topological polar surface area (TPSA) is 95.9 Å². The van der Waals surface area contributed by atoms with E-state index in [-0.39, 0.29) is 24.3 Å². The maximum Gasteiger partial charge on any atom is 0.274 e. The van der Waals surface area contributed by atoms with E-state index in [4.69, 9.17) is 0 Å². The first-order chi connectivity index (χ1) is 10.6. The number of imidazole rings is 1. The van der Waals surface area contributed by atoms with Crippen LogP contribution in [0.4, 0.5) is 0 Å². The summed E-state index contributed by atoms with van der Waals surface area (Å²) in [5.41, 5.74) is 2.08. The number of hydrogen-bond acceptors (Lipinski definition) is 4. The van der Waals surface area contributed by atoms with Gasteiger partial charge in [-0.1, -0.05) is 0 Å². The van der Waals surface area contributed by atoms with E-state index in [1.54, 1.807) is 18.1 Å². The van der Waals surface area contributed by atoms with Gasteiger partial charge in [-0.25, -0.2) is 4.98 Å². The Morgan fingerprint density at radius 2 is 2.32 bits per heavy atom. The van der Waals surface area contributed by atoms with Crippen LogP contribution in [0.3, 0.4) is 0 Å². The summed E-state index contributed by atoms with van der Waals surface area (Å²) >= 11 is 0. The molecular weight excluding hydrogens is 284 g/mol. The molecule has 3 heterocycles. The second kappa shape index (κ2) is 5.63. The summed E-state index contributed by atoms with van der Waals surface area (Å²) in [6, 6.07) is 1.70. The molecule has 0 spiro atoms. The molecule has 116 valence electrons. The molecule has 0 unspecified atom stereocenters. The van der Waals surface area contributed by atoms with Crippen LogP contribution in [0, 0.1) is 6.92 Å². The quantitative estimate of drug-likeness (QED) is 0.849. The Bertz CT molecular complexity index is 704. The third-order valence-electron chi connectivity index (χ3n) is 3.90. The molecular formula is C14H18N6O2. The first kappa shape index (κ1) is 14.3. The lowest BCUT2D eigenvalue weighted by Gasteiger charge is -2.33. The van der Waals surface area contributed by atoms with Crippen LogP contribution in [0.2, 0.25) is 0 Å². The van der Waals surface area contributed by atoms with Gasteiger partial charge in [-0.3, -0.25) is 14.3 Å². The van der Waals surface area contributed by atoms with Crippen molar-refractivity contribution >= 4 is 11.8 Å². The van der Waals surface area contributed by atoms with Gasteiger partial charge in [-0.2, -0.15) is 5.10 Å². The highest BCUT2D eigenvalue weighted by atomic mass is 16.2. The first-order valence-electron chi connectivity index (χ1n) is 7.12. The highest BCUT2D eigenvalue weighted by Crippen LogP contribution is 2.24. The lowest BCUT2D eigenvalue weighted by atomic mass is 10.1. The smallest absolute Gasteiger partial charge is 0.274 e. The summed E-state index contributed by atoms with van der Waals surface area (Å²) in [5, 5.41) is 6.89. The van der Waals surface area contributed by atoms with Crippen molar-refractivity contribution in [2.45, 2.75) is 25.9 Å². The SMILES string of the molecule is CNC(=O)C[C@@H]1CN(C(=O)c2nc[nH]c2C)Cc2ccnn21. The first-order valence-corrected chi connectivity index (χ1v) is 7.12. The zero-order valence-electron chi connectivity index (χ0n) is 12.5. The van der Waals surface area contributed by atoms with Crippen LogP contribution in [-0.4, -0.2) is 50.1 Å². The number of amides is 2. The summed E-state index contributed by atoms with van der Waals surface area (Å²) in [4.78, 5) is 33.0. The van der Waals surface area contributed by atoms with E-state index in [0.717, 1.165) is 11.4 Å². The molecule has 2 N–H and O–H groups in total. The third-order valence-corrected chi connectivity index (χ3v) is 3.90. The fourth-order valence-corrected chi connectivity index (χ4v) is 2.73. The van der Waals surface area contributed by atoms with Crippen LogP contribution in [-0.2, 0) is 11.3 Å². The van der Waals surface area contributed by atoms with E-state index < -0.39 is 0 Å². The molecule has 1 aliphatic heterocycles. The normalized spacial score (nSPS) is 17.2. The Labute approximate surface area is 127 Å². The number of rotatable bonds is 3. The second-order valence-corrected chi connectivity index (χ2v) is 5.36. The lowest BCUT2D eigenvalue weighted by Crippen LogP contribution is -2.43. The Kier molecular flexibility index (Phi) is 3.66. The number of carbonyl (C=O) groups is 2. The zero-order chi connectivity index (χ0) is 15.7. The van der Waals surface area contributed by atoms with Crippen LogP contribution in [0.1, 0.15) is 34.3 Å². The van der Waals surface area contributed by atoms with Gasteiger partial charge in [0.15, 0.2) is 0 Å². The number of nitrogens with one attached hydrogen (secondary N) is 2. The molecule has 2 amide bonds. The summed E-state index contributed by atoms with van der Waals surface area (Å²) in [7, 11) is 1.60. The Morgan fingerprint density at radius 1 is 1.50 bits per heavy atom. The number of fused-ring (bicyclic) bond motifs is 1. The largest absolute Gasteiger partial charge is 0.359 e. The molecule has 3 rings (SSSR count). The molecule has 0 aliphatic carbocycles. The van der Waals surface area contributed by atoms with Gasteiger partial charge in [0.1, 0.15) is 5.69 Å². The van der Waals surface area contributed by atoms with Crippen LogP contribution in [0.5, 0.6) is 0 Å². The molecule has 1 atom stereocenters.